The van der Waals surface area contributed by atoms with E-state index in [1.807, 2.05) is 0 Å². The third kappa shape index (κ3) is 1.78. The Labute approximate surface area is 112 Å². The quantitative estimate of drug-likeness (QED) is 0.908. The molecule has 0 unspecified atom stereocenters. The van der Waals surface area contributed by atoms with Crippen molar-refractivity contribution in [2.24, 2.45) is 0 Å². The van der Waals surface area contributed by atoms with Gasteiger partial charge in [-0.1, -0.05) is 12.5 Å². The van der Waals surface area contributed by atoms with Crippen LogP contribution < -0.4 is 0 Å². The molecule has 0 spiro atoms. The maximum absolute atomic E-state index is 12.6. The van der Waals surface area contributed by atoms with Crippen molar-refractivity contribution in [3.63, 3.8) is 0 Å². The number of hydrogen-bond acceptors (Lipinski definition) is 2. The van der Waals surface area contributed by atoms with Crippen LogP contribution in [0.3, 0.4) is 0 Å². The highest BCUT2D eigenvalue weighted by Crippen LogP contribution is 2.45. The van der Waals surface area contributed by atoms with Gasteiger partial charge in [0.15, 0.2) is 0 Å². The first-order valence-corrected chi connectivity index (χ1v) is 6.18. The van der Waals surface area contributed by atoms with E-state index in [0.29, 0.717) is 18.4 Å². The Bertz CT molecular complexity index is 681. The van der Waals surface area contributed by atoms with Gasteiger partial charge >= 0.3 is 12.1 Å². The van der Waals surface area contributed by atoms with Crippen LogP contribution in [-0.2, 0) is 16.4 Å². The fraction of sp³-hybridized carbons (Fsp3) is 0.357. The lowest BCUT2D eigenvalue weighted by molar-refractivity contribution is -0.152. The first-order valence-electron chi connectivity index (χ1n) is 6.18. The first kappa shape index (κ1) is 13.0. The largest absolute Gasteiger partial charge is 0.481 e. The fourth-order valence-corrected chi connectivity index (χ4v) is 2.64. The van der Waals surface area contributed by atoms with Gasteiger partial charge in [-0.25, -0.2) is 0 Å². The van der Waals surface area contributed by atoms with Gasteiger partial charge in [0.1, 0.15) is 5.58 Å². The second-order valence-corrected chi connectivity index (χ2v) is 5.10. The summed E-state index contributed by atoms with van der Waals surface area (Å²) in [7, 11) is 0. The standard InChI is InChI=1S/C14H11F3O3/c15-14(16,17)11-7-8-6-9(2-3-10(8)20-11)13(12(18)19)4-1-5-13/h2-3,6-7H,1,4-5H2,(H,18,19). The Morgan fingerprint density at radius 1 is 1.25 bits per heavy atom. The Morgan fingerprint density at radius 3 is 2.45 bits per heavy atom. The second kappa shape index (κ2) is 4.01. The number of benzene rings is 1. The average Bonchev–Trinajstić information content (AvgIpc) is 2.69. The number of carbonyl (C=O) groups is 1. The van der Waals surface area contributed by atoms with Crippen molar-refractivity contribution in [3.8, 4) is 0 Å². The Kier molecular flexibility index (Phi) is 2.61. The molecule has 1 saturated carbocycles. The van der Waals surface area contributed by atoms with Gasteiger partial charge in [0.05, 0.1) is 5.41 Å². The average molecular weight is 284 g/mol. The van der Waals surface area contributed by atoms with Crippen LogP contribution in [0.4, 0.5) is 13.2 Å². The van der Waals surface area contributed by atoms with E-state index in [4.69, 9.17) is 4.42 Å². The predicted octanol–water partition coefficient (Wildman–Crippen LogP) is 3.96. The maximum atomic E-state index is 12.6. The molecule has 6 heteroatoms. The van der Waals surface area contributed by atoms with E-state index in [2.05, 4.69) is 0 Å². The van der Waals surface area contributed by atoms with Crippen molar-refractivity contribution in [2.45, 2.75) is 30.9 Å². The van der Waals surface area contributed by atoms with Crippen molar-refractivity contribution in [1.82, 2.24) is 0 Å². The molecule has 1 aliphatic carbocycles. The molecule has 0 amide bonds. The molecule has 1 fully saturated rings. The summed E-state index contributed by atoms with van der Waals surface area (Å²) in [5.74, 6) is -2.00. The SMILES string of the molecule is O=C(O)C1(c2ccc3oc(C(F)(F)F)cc3c2)CCC1. The zero-order chi connectivity index (χ0) is 14.5. The number of furan rings is 1. The van der Waals surface area contributed by atoms with Crippen LogP contribution in [0, 0.1) is 0 Å². The third-order valence-electron chi connectivity index (χ3n) is 3.96. The summed E-state index contributed by atoms with van der Waals surface area (Å²) in [5, 5.41) is 9.62. The number of halogens is 3. The number of hydrogen-bond donors (Lipinski definition) is 1. The van der Waals surface area contributed by atoms with Crippen LogP contribution in [0.15, 0.2) is 28.7 Å². The summed E-state index contributed by atoms with van der Waals surface area (Å²) < 4.78 is 42.5. The lowest BCUT2D eigenvalue weighted by Gasteiger charge is -2.38. The normalized spacial score (nSPS) is 17.9. The molecule has 1 aromatic heterocycles. The van der Waals surface area contributed by atoms with Crippen LogP contribution in [0.1, 0.15) is 30.6 Å². The molecule has 0 aliphatic heterocycles. The minimum Gasteiger partial charge on any atom is -0.481 e. The van der Waals surface area contributed by atoms with E-state index in [1.165, 1.54) is 12.1 Å². The molecule has 20 heavy (non-hydrogen) atoms. The molecule has 2 aromatic rings. The number of fused-ring (bicyclic) bond motifs is 1. The number of carboxylic acids is 1. The molecule has 3 nitrogen and oxygen atoms in total. The molecular formula is C14H11F3O3. The zero-order valence-corrected chi connectivity index (χ0v) is 10.3. The predicted molar refractivity (Wildman–Crippen MR) is 64.4 cm³/mol. The van der Waals surface area contributed by atoms with Gasteiger partial charge in [-0.2, -0.15) is 13.2 Å². The molecule has 0 radical (unpaired) electrons. The van der Waals surface area contributed by atoms with Gasteiger partial charge in [0, 0.05) is 5.39 Å². The molecule has 0 saturated heterocycles. The number of rotatable bonds is 2. The van der Waals surface area contributed by atoms with Gasteiger partial charge in [-0.15, -0.1) is 0 Å². The Morgan fingerprint density at radius 2 is 1.95 bits per heavy atom. The Hall–Kier alpha value is -1.98. The molecule has 0 bridgehead atoms. The fourth-order valence-electron chi connectivity index (χ4n) is 2.64. The highest BCUT2D eigenvalue weighted by Gasteiger charge is 2.46. The van der Waals surface area contributed by atoms with Gasteiger partial charge in [-0.05, 0) is 36.6 Å². The minimum absolute atomic E-state index is 0.112. The molecule has 1 heterocycles. The first-order chi connectivity index (χ1) is 9.33. The summed E-state index contributed by atoms with van der Waals surface area (Å²) in [6, 6.07) is 5.34. The van der Waals surface area contributed by atoms with E-state index in [9.17, 15) is 23.1 Å². The van der Waals surface area contributed by atoms with Crippen molar-refractivity contribution in [2.75, 3.05) is 0 Å². The lowest BCUT2D eigenvalue weighted by atomic mass is 9.64. The summed E-state index contributed by atoms with van der Waals surface area (Å²) in [4.78, 5) is 11.4. The topological polar surface area (TPSA) is 50.4 Å². The molecule has 106 valence electrons. The van der Waals surface area contributed by atoms with Gasteiger partial charge in [0.2, 0.25) is 5.76 Å². The van der Waals surface area contributed by atoms with Gasteiger partial charge in [0.25, 0.3) is 0 Å². The van der Waals surface area contributed by atoms with E-state index in [-0.39, 0.29) is 11.0 Å². The van der Waals surface area contributed by atoms with E-state index >= 15 is 0 Å². The van der Waals surface area contributed by atoms with E-state index < -0.39 is 23.3 Å². The van der Waals surface area contributed by atoms with Crippen molar-refractivity contribution >= 4 is 16.9 Å². The summed E-state index contributed by atoms with van der Waals surface area (Å²) in [6.45, 7) is 0. The molecule has 3 rings (SSSR count). The highest BCUT2D eigenvalue weighted by molar-refractivity contribution is 5.86. The molecule has 1 aromatic carbocycles. The molecule has 1 N–H and O–H groups in total. The van der Waals surface area contributed by atoms with Crippen LogP contribution in [0.2, 0.25) is 0 Å². The van der Waals surface area contributed by atoms with Gasteiger partial charge < -0.3 is 9.52 Å². The van der Waals surface area contributed by atoms with Crippen molar-refractivity contribution in [3.05, 3.63) is 35.6 Å². The van der Waals surface area contributed by atoms with Crippen LogP contribution in [-0.4, -0.2) is 11.1 Å². The maximum Gasteiger partial charge on any atom is 0.449 e. The number of aliphatic carboxylic acids is 1. The van der Waals surface area contributed by atoms with Crippen molar-refractivity contribution < 1.29 is 27.5 Å². The second-order valence-electron chi connectivity index (χ2n) is 5.10. The summed E-state index contributed by atoms with van der Waals surface area (Å²) in [6.07, 6.45) is -2.71. The molecular weight excluding hydrogens is 273 g/mol. The van der Waals surface area contributed by atoms with Crippen LogP contribution in [0.25, 0.3) is 11.0 Å². The summed E-state index contributed by atoms with van der Waals surface area (Å²) in [5.41, 5.74) is -0.302. The van der Waals surface area contributed by atoms with E-state index in [1.54, 1.807) is 6.07 Å². The van der Waals surface area contributed by atoms with E-state index in [0.717, 1.165) is 12.5 Å². The van der Waals surface area contributed by atoms with Gasteiger partial charge in [-0.3, -0.25) is 4.79 Å². The smallest absolute Gasteiger partial charge is 0.449 e. The highest BCUT2D eigenvalue weighted by atomic mass is 19.4. The third-order valence-corrected chi connectivity index (χ3v) is 3.96. The van der Waals surface area contributed by atoms with Crippen LogP contribution >= 0.6 is 0 Å². The summed E-state index contributed by atoms with van der Waals surface area (Å²) >= 11 is 0. The monoisotopic (exact) mass is 284 g/mol. The minimum atomic E-state index is -4.54. The lowest BCUT2D eigenvalue weighted by Crippen LogP contribution is -2.42. The zero-order valence-electron chi connectivity index (χ0n) is 10.3. The number of carboxylic acid groups (broad SMARTS) is 1. The molecule has 0 atom stereocenters. The Balaban J connectivity index is 2.09. The number of alkyl halides is 3. The van der Waals surface area contributed by atoms with Crippen LogP contribution in [0.5, 0.6) is 0 Å². The van der Waals surface area contributed by atoms with Crippen molar-refractivity contribution in [1.29, 1.82) is 0 Å². The molecule has 1 aliphatic rings.